The molecule has 47 heavy (non-hydrogen) atoms. The molecule has 0 N–H and O–H groups in total. The maximum atomic E-state index is 2.73. The van der Waals surface area contributed by atoms with Crippen LogP contribution in [0.5, 0.6) is 0 Å². The van der Waals surface area contributed by atoms with Crippen molar-refractivity contribution in [2.24, 2.45) is 0 Å². The molecular formula is C44H37BN2. The largest absolute Gasteiger partial charge is 0.334 e. The van der Waals surface area contributed by atoms with E-state index in [9.17, 15) is 0 Å². The Morgan fingerprint density at radius 1 is 0.532 bits per heavy atom. The quantitative estimate of drug-likeness (QED) is 0.186. The third-order valence-electron chi connectivity index (χ3n) is 12.2. The van der Waals surface area contributed by atoms with Gasteiger partial charge in [-0.2, -0.15) is 0 Å². The van der Waals surface area contributed by atoms with Gasteiger partial charge in [0.25, 0.3) is 0 Å². The normalized spacial score (nSPS) is 21.5. The zero-order valence-corrected chi connectivity index (χ0v) is 27.1. The third kappa shape index (κ3) is 3.58. The minimum absolute atomic E-state index is 0.0366. The predicted molar refractivity (Wildman–Crippen MR) is 199 cm³/mol. The molecule has 0 aromatic heterocycles. The minimum Gasteiger partial charge on any atom is -0.334 e. The van der Waals surface area contributed by atoms with Gasteiger partial charge in [0.2, 0.25) is 6.71 Å². The van der Waals surface area contributed by atoms with Gasteiger partial charge < -0.3 is 9.80 Å². The van der Waals surface area contributed by atoms with Crippen molar-refractivity contribution in [3.05, 3.63) is 145 Å². The first-order chi connectivity index (χ1) is 23.1. The van der Waals surface area contributed by atoms with Crippen molar-refractivity contribution < 1.29 is 0 Å². The Bertz CT molecular complexity index is 2210. The fraction of sp³-hybridized carbons (Fsp3) is 0.182. The van der Waals surface area contributed by atoms with Crippen LogP contribution in [-0.2, 0) is 5.41 Å². The number of nitrogens with zero attached hydrogens (tertiary/aromatic N) is 2. The molecule has 2 nitrogen and oxygen atoms in total. The van der Waals surface area contributed by atoms with E-state index in [4.69, 9.17) is 0 Å². The van der Waals surface area contributed by atoms with E-state index in [1.165, 1.54) is 98.3 Å². The molecule has 2 atom stereocenters. The van der Waals surface area contributed by atoms with Gasteiger partial charge >= 0.3 is 0 Å². The lowest BCUT2D eigenvalue weighted by Crippen LogP contribution is -2.56. The summed E-state index contributed by atoms with van der Waals surface area (Å²) in [6.45, 7) is 5.24. The average molecular weight is 605 g/mol. The summed E-state index contributed by atoms with van der Waals surface area (Å²) in [7, 11) is 0. The number of hydrogen-bond donors (Lipinski definition) is 0. The van der Waals surface area contributed by atoms with Crippen LogP contribution in [0.3, 0.4) is 0 Å². The van der Waals surface area contributed by atoms with E-state index in [0.29, 0.717) is 0 Å². The maximum Gasteiger partial charge on any atom is 0.248 e. The second-order valence-electron chi connectivity index (χ2n) is 14.4. The molecule has 1 fully saturated rings. The summed E-state index contributed by atoms with van der Waals surface area (Å²) < 4.78 is 0. The molecule has 226 valence electrons. The van der Waals surface area contributed by atoms with Crippen molar-refractivity contribution in [1.29, 1.82) is 0 Å². The fourth-order valence-corrected chi connectivity index (χ4v) is 9.82. The Labute approximate surface area is 278 Å². The van der Waals surface area contributed by atoms with E-state index in [1.807, 2.05) is 0 Å². The smallest absolute Gasteiger partial charge is 0.248 e. The first-order valence-corrected chi connectivity index (χ1v) is 17.3. The summed E-state index contributed by atoms with van der Waals surface area (Å²) in [5, 5.41) is 0. The van der Waals surface area contributed by atoms with E-state index in [1.54, 1.807) is 0 Å². The number of hydrogen-bond acceptors (Lipinski definition) is 2. The molecular weight excluding hydrogens is 567 g/mol. The number of anilines is 5. The summed E-state index contributed by atoms with van der Waals surface area (Å²) >= 11 is 0. The molecule has 2 unspecified atom stereocenters. The predicted octanol–water partition coefficient (Wildman–Crippen LogP) is 9.38. The van der Waals surface area contributed by atoms with Crippen LogP contribution in [0.4, 0.5) is 28.4 Å². The summed E-state index contributed by atoms with van der Waals surface area (Å²) in [4.78, 5) is 5.22. The molecule has 0 bridgehead atoms. The second kappa shape index (κ2) is 9.75. The molecule has 0 saturated heterocycles. The number of fused-ring (bicyclic) bond motifs is 8. The molecule has 4 aliphatic rings. The van der Waals surface area contributed by atoms with Crippen molar-refractivity contribution in [2.75, 3.05) is 9.80 Å². The highest BCUT2D eigenvalue weighted by Gasteiger charge is 2.57. The molecule has 6 aromatic rings. The topological polar surface area (TPSA) is 6.48 Å². The lowest BCUT2D eigenvalue weighted by Gasteiger charge is -2.50. The van der Waals surface area contributed by atoms with Gasteiger partial charge in [-0.1, -0.05) is 116 Å². The molecule has 3 heteroatoms. The third-order valence-corrected chi connectivity index (χ3v) is 12.2. The first kappa shape index (κ1) is 27.1. The summed E-state index contributed by atoms with van der Waals surface area (Å²) in [5.74, 6) is 0. The SMILES string of the molecule is CC12CCCCC1(C)N(c1ccc3c(c1)B1c4ccccc4N(c4ccccc4)c4cc(-c5ccccc5)cc-3c41)c1ccccc12. The van der Waals surface area contributed by atoms with Crippen LogP contribution in [0.15, 0.2) is 140 Å². The van der Waals surface area contributed by atoms with E-state index in [2.05, 4.69) is 163 Å². The van der Waals surface area contributed by atoms with E-state index < -0.39 is 0 Å². The number of rotatable bonds is 3. The highest BCUT2D eigenvalue weighted by Crippen LogP contribution is 2.60. The molecule has 0 amide bonds. The monoisotopic (exact) mass is 604 g/mol. The lowest BCUT2D eigenvalue weighted by atomic mass is 9.37. The van der Waals surface area contributed by atoms with Crippen LogP contribution in [0.2, 0.25) is 0 Å². The van der Waals surface area contributed by atoms with Gasteiger partial charge in [0.1, 0.15) is 0 Å². The maximum absolute atomic E-state index is 2.73. The molecule has 1 saturated carbocycles. The van der Waals surface area contributed by atoms with Gasteiger partial charge in [0, 0.05) is 33.9 Å². The van der Waals surface area contributed by atoms with Gasteiger partial charge in [0.15, 0.2) is 0 Å². The van der Waals surface area contributed by atoms with Gasteiger partial charge in [-0.25, -0.2) is 0 Å². The number of para-hydroxylation sites is 3. The van der Waals surface area contributed by atoms with Crippen molar-refractivity contribution in [3.8, 4) is 22.3 Å². The van der Waals surface area contributed by atoms with Crippen LogP contribution < -0.4 is 26.2 Å². The molecule has 0 radical (unpaired) electrons. The van der Waals surface area contributed by atoms with Crippen molar-refractivity contribution in [3.63, 3.8) is 0 Å². The summed E-state index contributed by atoms with van der Waals surface area (Å²) in [6.07, 6.45) is 5.03. The van der Waals surface area contributed by atoms with Gasteiger partial charge in [0.05, 0.1) is 5.54 Å². The lowest BCUT2D eigenvalue weighted by molar-refractivity contribution is 0.195. The van der Waals surface area contributed by atoms with Gasteiger partial charge in [-0.3, -0.25) is 0 Å². The molecule has 6 aromatic carbocycles. The van der Waals surface area contributed by atoms with E-state index in [0.717, 1.165) is 0 Å². The Morgan fingerprint density at radius 2 is 1.23 bits per heavy atom. The average Bonchev–Trinajstić information content (AvgIpc) is 3.56. The van der Waals surface area contributed by atoms with Gasteiger partial charge in [-0.15, -0.1) is 0 Å². The second-order valence-corrected chi connectivity index (χ2v) is 14.4. The molecule has 0 spiro atoms. The Kier molecular flexibility index (Phi) is 5.63. The molecule has 1 aliphatic carbocycles. The van der Waals surface area contributed by atoms with Crippen LogP contribution in [0.1, 0.15) is 45.1 Å². The van der Waals surface area contributed by atoms with Crippen LogP contribution in [0, 0.1) is 0 Å². The molecule has 10 rings (SSSR count). The van der Waals surface area contributed by atoms with Crippen molar-refractivity contribution in [2.45, 2.75) is 50.5 Å². The Hall–Kier alpha value is -5.02. The Morgan fingerprint density at radius 3 is 2.06 bits per heavy atom. The highest BCUT2D eigenvalue weighted by atomic mass is 15.3. The van der Waals surface area contributed by atoms with Crippen molar-refractivity contribution >= 4 is 51.5 Å². The van der Waals surface area contributed by atoms with Crippen LogP contribution in [-0.4, -0.2) is 12.3 Å². The van der Waals surface area contributed by atoms with Crippen molar-refractivity contribution in [1.82, 2.24) is 0 Å². The van der Waals surface area contributed by atoms with Crippen LogP contribution >= 0.6 is 0 Å². The Balaban J connectivity index is 1.23. The standard InChI is InChI=1S/C44H37BN2/c1-43-25-13-14-26-44(43,2)47(39-21-11-9-19-36(39)43)33-23-24-34-35-27-31(30-15-5-3-6-16-30)28-41-42(35)45(38(34)29-33)37-20-10-12-22-40(37)46(41)32-17-7-4-8-18-32/h3-12,15-24,27-29H,13-14,25-26H2,1-2H3. The summed E-state index contributed by atoms with van der Waals surface area (Å²) in [6, 6.07) is 52.4. The van der Waals surface area contributed by atoms with E-state index >= 15 is 0 Å². The highest BCUT2D eigenvalue weighted by molar-refractivity contribution is 7.01. The van der Waals surface area contributed by atoms with Crippen LogP contribution in [0.25, 0.3) is 22.3 Å². The fourth-order valence-electron chi connectivity index (χ4n) is 9.82. The first-order valence-electron chi connectivity index (χ1n) is 17.3. The minimum atomic E-state index is 0.0366. The number of benzene rings is 6. The van der Waals surface area contributed by atoms with Gasteiger partial charge in [-0.05, 0) is 107 Å². The molecule has 3 heterocycles. The molecule has 3 aliphatic heterocycles. The van der Waals surface area contributed by atoms with E-state index in [-0.39, 0.29) is 17.7 Å². The summed E-state index contributed by atoms with van der Waals surface area (Å²) in [5.41, 5.74) is 17.6. The zero-order chi connectivity index (χ0) is 31.3. The zero-order valence-electron chi connectivity index (χ0n) is 27.1.